The summed E-state index contributed by atoms with van der Waals surface area (Å²) in [4.78, 5) is 22.4. The Kier molecular flexibility index (Phi) is 42.2. The lowest BCUT2D eigenvalue weighted by molar-refractivity contribution is -0.368. The molecule has 0 heterocycles. The van der Waals surface area contributed by atoms with Crippen LogP contribution in [0.3, 0.4) is 0 Å². The summed E-state index contributed by atoms with van der Waals surface area (Å²) < 4.78 is 0. The fraction of sp³-hybridized carbons (Fsp3) is 0.952. The fourth-order valence-corrected chi connectivity index (χ4v) is 6.39. The molecule has 0 aromatic rings. The van der Waals surface area contributed by atoms with Crippen LogP contribution in [0.15, 0.2) is 0 Å². The predicted octanol–water partition coefficient (Wildman–Crippen LogP) is 8.38. The minimum atomic E-state index is -2.28. The highest BCUT2D eigenvalue weighted by Gasteiger charge is 2.37. The molecule has 0 bridgehead atoms. The maximum absolute atomic E-state index is 11.8. The molecule has 0 saturated carbocycles. The third-order valence-corrected chi connectivity index (χ3v) is 9.95. The molecular weight excluding hydrogens is 644 g/mol. The van der Waals surface area contributed by atoms with Crippen LogP contribution in [0.25, 0.3) is 0 Å². The summed E-state index contributed by atoms with van der Waals surface area (Å²) in [6, 6.07) is 0. The van der Waals surface area contributed by atoms with Gasteiger partial charge in [0.25, 0.3) is 5.91 Å². The summed E-state index contributed by atoms with van der Waals surface area (Å²) in [6.45, 7) is 5.98. The first-order valence-corrected chi connectivity index (χ1v) is 21.8. The summed E-state index contributed by atoms with van der Waals surface area (Å²) in [5.74, 6) is -2.66. The summed E-state index contributed by atoms with van der Waals surface area (Å²) in [7, 11) is 0. The smallest absolute Gasteiger partial charge is 0.335 e. The van der Waals surface area contributed by atoms with Crippen molar-refractivity contribution >= 4 is 11.9 Å². The Morgan fingerprint density at radius 2 is 0.686 bits per heavy atom. The second-order valence-corrected chi connectivity index (χ2v) is 15.0. The van der Waals surface area contributed by atoms with Crippen molar-refractivity contribution in [2.24, 2.45) is 0 Å². The minimum Gasteiger partial charge on any atom is -0.479 e. The number of hydrogen-bond donors (Lipinski definition) is 7. The lowest BCUT2D eigenvalue weighted by Crippen LogP contribution is -2.52. The van der Waals surface area contributed by atoms with Crippen LogP contribution in [-0.4, -0.2) is 74.9 Å². The van der Waals surface area contributed by atoms with E-state index >= 15 is 0 Å². The SMILES string of the molecule is CCCCCCCCCCCCCCCCCCNC(=O)[C@@H](O)[C@H](O)[C@@H](O)[C@@H](O)C(=O)O.CCCCCCCCCCCCCCCCCC[NH3+]. The molecule has 0 aliphatic carbocycles. The number of aliphatic hydroxyl groups excluding tert-OH is 4. The molecule has 0 fully saturated rings. The van der Waals surface area contributed by atoms with Gasteiger partial charge in [0.05, 0.1) is 6.54 Å². The number of carbonyl (C=O) groups is 2. The van der Waals surface area contributed by atoms with Gasteiger partial charge in [0.1, 0.15) is 12.2 Å². The third kappa shape index (κ3) is 36.9. The van der Waals surface area contributed by atoms with E-state index < -0.39 is 36.3 Å². The molecule has 9 N–H and O–H groups in total. The molecule has 0 radical (unpaired) electrons. The summed E-state index contributed by atoms with van der Waals surface area (Å²) in [5, 5.41) is 49.0. The van der Waals surface area contributed by atoms with E-state index in [-0.39, 0.29) is 0 Å². The van der Waals surface area contributed by atoms with Gasteiger partial charge in [-0.1, -0.05) is 200 Å². The van der Waals surface area contributed by atoms with E-state index in [2.05, 4.69) is 24.9 Å². The van der Waals surface area contributed by atoms with Gasteiger partial charge >= 0.3 is 5.97 Å². The molecule has 0 saturated heterocycles. The van der Waals surface area contributed by atoms with Gasteiger partial charge in [0, 0.05) is 6.54 Å². The Morgan fingerprint density at radius 3 is 0.961 bits per heavy atom. The van der Waals surface area contributed by atoms with E-state index in [0.29, 0.717) is 6.54 Å². The van der Waals surface area contributed by atoms with Crippen LogP contribution in [-0.2, 0) is 9.59 Å². The average molecular weight is 732 g/mol. The Bertz CT molecular complexity index is 711. The molecule has 0 unspecified atom stereocenters. The number of unbranched alkanes of at least 4 members (excludes halogenated alkanes) is 30. The molecule has 4 atom stereocenters. The molecule has 9 nitrogen and oxygen atoms in total. The first-order chi connectivity index (χ1) is 24.7. The maximum Gasteiger partial charge on any atom is 0.335 e. The zero-order chi connectivity index (χ0) is 38.2. The zero-order valence-corrected chi connectivity index (χ0v) is 33.6. The van der Waals surface area contributed by atoms with Crippen LogP contribution in [0.4, 0.5) is 0 Å². The summed E-state index contributed by atoms with van der Waals surface area (Å²) >= 11 is 0. The zero-order valence-electron chi connectivity index (χ0n) is 33.6. The highest BCUT2D eigenvalue weighted by atomic mass is 16.4. The van der Waals surface area contributed by atoms with Gasteiger partial charge in [-0.2, -0.15) is 0 Å². The first kappa shape index (κ1) is 51.8. The predicted molar refractivity (Wildman–Crippen MR) is 212 cm³/mol. The number of carboxylic acids is 1. The van der Waals surface area contributed by atoms with Crippen LogP contribution < -0.4 is 11.1 Å². The van der Waals surface area contributed by atoms with Crippen molar-refractivity contribution in [2.45, 2.75) is 244 Å². The van der Waals surface area contributed by atoms with Gasteiger partial charge in [-0.15, -0.1) is 0 Å². The van der Waals surface area contributed by atoms with Crippen LogP contribution in [0.5, 0.6) is 0 Å². The van der Waals surface area contributed by atoms with Crippen LogP contribution in [0, 0.1) is 0 Å². The molecule has 51 heavy (non-hydrogen) atoms. The molecule has 0 spiro atoms. The number of aliphatic carboxylic acids is 1. The van der Waals surface area contributed by atoms with Crippen molar-refractivity contribution < 1.29 is 40.9 Å². The highest BCUT2D eigenvalue weighted by Crippen LogP contribution is 2.15. The number of carboxylic acid groups (broad SMARTS) is 1. The molecule has 0 aliphatic heterocycles. The van der Waals surface area contributed by atoms with Crippen molar-refractivity contribution in [3.8, 4) is 0 Å². The number of aliphatic hydroxyl groups is 4. The number of rotatable bonds is 38. The van der Waals surface area contributed by atoms with Gasteiger partial charge in [-0.25, -0.2) is 4.79 Å². The Hall–Kier alpha value is -1.26. The second kappa shape index (κ2) is 41.5. The van der Waals surface area contributed by atoms with Gasteiger partial charge in [0.2, 0.25) is 0 Å². The van der Waals surface area contributed by atoms with E-state index in [9.17, 15) is 30.0 Å². The molecule has 9 heteroatoms. The number of carbonyl (C=O) groups excluding carboxylic acids is 1. The monoisotopic (exact) mass is 732 g/mol. The standard InChI is InChI=1S/C24H47NO7.C18H39N/c1-2-3-4-5-6-7-8-9-10-11-12-13-14-15-16-17-18-25-23(30)21(28)19(26)20(27)22(29)24(31)32;1-2-3-4-5-6-7-8-9-10-11-12-13-14-15-16-17-18-19/h19-22,26-29H,2-18H2,1H3,(H,25,30)(H,31,32);2-19H2,1H3/p+1/t19-,20-,21+,22-;/m1./s1. The topological polar surface area (TPSA) is 175 Å². The average Bonchev–Trinajstić information content (AvgIpc) is 3.13. The fourth-order valence-electron chi connectivity index (χ4n) is 6.39. The van der Waals surface area contributed by atoms with Crippen LogP contribution >= 0.6 is 0 Å². The maximum atomic E-state index is 11.8. The quantitative estimate of drug-likeness (QED) is 0.0312. The number of nitrogens with one attached hydrogen (secondary N) is 1. The highest BCUT2D eigenvalue weighted by molar-refractivity contribution is 5.81. The minimum absolute atomic E-state index is 0.318. The number of quaternary nitrogens is 1. The molecule has 0 rings (SSSR count). The Morgan fingerprint density at radius 1 is 0.431 bits per heavy atom. The van der Waals surface area contributed by atoms with Gasteiger partial charge in [-0.05, 0) is 19.3 Å². The number of hydrogen-bond acceptors (Lipinski definition) is 6. The van der Waals surface area contributed by atoms with E-state index in [4.69, 9.17) is 5.11 Å². The van der Waals surface area contributed by atoms with E-state index in [1.165, 1.54) is 180 Å². The molecule has 0 aromatic heterocycles. The largest absolute Gasteiger partial charge is 0.479 e. The molecule has 1 amide bonds. The lowest BCUT2D eigenvalue weighted by Gasteiger charge is -2.23. The van der Waals surface area contributed by atoms with Crippen LogP contribution in [0.2, 0.25) is 0 Å². The Labute approximate surface area is 314 Å². The van der Waals surface area contributed by atoms with Crippen LogP contribution in [0.1, 0.15) is 219 Å². The van der Waals surface area contributed by atoms with E-state index in [1.54, 1.807) is 0 Å². The summed E-state index contributed by atoms with van der Waals surface area (Å²) in [5.41, 5.74) is 3.89. The van der Waals surface area contributed by atoms with Crippen molar-refractivity contribution in [1.29, 1.82) is 0 Å². The first-order valence-electron chi connectivity index (χ1n) is 21.8. The molecular formula is C42H87N2O7+. The normalized spacial score (nSPS) is 13.6. The van der Waals surface area contributed by atoms with Crippen molar-refractivity contribution in [1.82, 2.24) is 5.32 Å². The summed E-state index contributed by atoms with van der Waals surface area (Å²) in [6.07, 6.45) is 34.6. The molecule has 0 aromatic carbocycles. The van der Waals surface area contributed by atoms with Crippen molar-refractivity contribution in [3.05, 3.63) is 0 Å². The second-order valence-electron chi connectivity index (χ2n) is 15.0. The Balaban J connectivity index is 0. The van der Waals surface area contributed by atoms with Gasteiger partial charge in [0.15, 0.2) is 12.2 Å². The third-order valence-electron chi connectivity index (χ3n) is 9.95. The molecule has 306 valence electrons. The molecule has 0 aliphatic rings. The van der Waals surface area contributed by atoms with Crippen molar-refractivity contribution in [3.63, 3.8) is 0 Å². The van der Waals surface area contributed by atoms with Gasteiger partial charge < -0.3 is 36.6 Å². The number of amides is 1. The lowest BCUT2D eigenvalue weighted by atomic mass is 10.0. The van der Waals surface area contributed by atoms with Crippen molar-refractivity contribution in [2.75, 3.05) is 13.1 Å². The van der Waals surface area contributed by atoms with E-state index in [0.717, 1.165) is 32.2 Å². The van der Waals surface area contributed by atoms with E-state index in [1.807, 2.05) is 0 Å². The van der Waals surface area contributed by atoms with Gasteiger partial charge in [-0.3, -0.25) is 4.79 Å².